The Bertz CT molecular complexity index is 559. The number of carbonyl (C=O) groups is 1. The van der Waals surface area contributed by atoms with Crippen molar-refractivity contribution in [2.45, 2.75) is 52.2 Å². The van der Waals surface area contributed by atoms with Crippen molar-refractivity contribution in [1.29, 1.82) is 0 Å². The van der Waals surface area contributed by atoms with E-state index in [4.69, 9.17) is 12.2 Å². The van der Waals surface area contributed by atoms with Gasteiger partial charge in [-0.1, -0.05) is 30.3 Å². The Balaban J connectivity index is 2.00. The summed E-state index contributed by atoms with van der Waals surface area (Å²) >= 11 is 5.47. The number of hydrogen-bond acceptors (Lipinski definition) is 2. The second-order valence-corrected chi connectivity index (χ2v) is 7.28. The lowest BCUT2D eigenvalue weighted by Gasteiger charge is -2.44. The summed E-state index contributed by atoms with van der Waals surface area (Å²) in [5, 5.41) is 4.01. The molecule has 1 fully saturated rings. The van der Waals surface area contributed by atoms with Gasteiger partial charge < -0.3 is 15.1 Å². The fourth-order valence-corrected chi connectivity index (χ4v) is 3.64. The molecule has 126 valence electrons. The van der Waals surface area contributed by atoms with Crippen LogP contribution in [0.3, 0.4) is 0 Å². The molecule has 1 aromatic rings. The molecule has 1 aliphatic heterocycles. The first-order valence-corrected chi connectivity index (χ1v) is 8.63. The summed E-state index contributed by atoms with van der Waals surface area (Å²) in [6.07, 6.45) is 0.964. The Morgan fingerprint density at radius 3 is 2.61 bits per heavy atom. The molecule has 1 amide bonds. The molecule has 5 heteroatoms. The maximum atomic E-state index is 12.7. The highest BCUT2D eigenvalue weighted by Crippen LogP contribution is 2.22. The molecule has 0 spiro atoms. The van der Waals surface area contributed by atoms with E-state index >= 15 is 0 Å². The van der Waals surface area contributed by atoms with Crippen LogP contribution in [0.25, 0.3) is 0 Å². The third-order valence-electron chi connectivity index (χ3n) is 4.30. The Hall–Kier alpha value is -1.62. The summed E-state index contributed by atoms with van der Waals surface area (Å²) in [5.41, 5.74) is 1.14. The third-order valence-corrected chi connectivity index (χ3v) is 4.64. The average molecular weight is 334 g/mol. The van der Waals surface area contributed by atoms with E-state index in [-0.39, 0.29) is 17.5 Å². The van der Waals surface area contributed by atoms with Gasteiger partial charge in [0.2, 0.25) is 5.91 Å². The smallest absolute Gasteiger partial charge is 0.242 e. The van der Waals surface area contributed by atoms with E-state index in [1.165, 1.54) is 0 Å². The minimum absolute atomic E-state index is 0.00940. The van der Waals surface area contributed by atoms with Gasteiger partial charge in [-0.3, -0.25) is 4.79 Å². The number of rotatable bonds is 5. The first kappa shape index (κ1) is 17.7. The maximum Gasteiger partial charge on any atom is 0.242 e. The molecule has 0 unspecified atom stereocenters. The van der Waals surface area contributed by atoms with E-state index in [1.54, 1.807) is 0 Å². The number of nitrogens with one attached hydrogen (secondary N) is 1. The van der Waals surface area contributed by atoms with Crippen LogP contribution in [0.1, 0.15) is 39.7 Å². The molecule has 0 bridgehead atoms. The minimum Gasteiger partial charge on any atom is -0.358 e. The number of carbonyl (C=O) groups excluding carboxylic acids is 1. The Morgan fingerprint density at radius 2 is 2.04 bits per heavy atom. The number of benzene rings is 1. The lowest BCUT2D eigenvalue weighted by atomic mass is 9.93. The lowest BCUT2D eigenvalue weighted by molar-refractivity contribution is -0.132. The van der Waals surface area contributed by atoms with Crippen LogP contribution in [-0.4, -0.2) is 45.5 Å². The molecule has 1 heterocycles. The van der Waals surface area contributed by atoms with Crippen LogP contribution in [0.5, 0.6) is 0 Å². The topological polar surface area (TPSA) is 35.6 Å². The van der Waals surface area contributed by atoms with Gasteiger partial charge in [0.15, 0.2) is 5.11 Å². The molecule has 0 radical (unpaired) electrons. The standard InChI is InChI=1S/C18H27N3OS/c1-5-20(12-15-9-7-6-8-10-15)16(22)13-21-14(2)11-18(3,4)19-17(21)23/h6-10,14H,5,11-13H2,1-4H3,(H,19,23)/t14-/m0/s1. The number of thiocarbonyl (C=S) groups is 1. The monoisotopic (exact) mass is 333 g/mol. The molecule has 0 aliphatic carbocycles. The van der Waals surface area contributed by atoms with Gasteiger partial charge in [0, 0.05) is 24.7 Å². The molecule has 1 aliphatic rings. The van der Waals surface area contributed by atoms with Crippen molar-refractivity contribution < 1.29 is 4.79 Å². The highest BCUT2D eigenvalue weighted by molar-refractivity contribution is 7.80. The second-order valence-electron chi connectivity index (χ2n) is 6.89. The van der Waals surface area contributed by atoms with E-state index in [1.807, 2.05) is 47.1 Å². The van der Waals surface area contributed by atoms with Gasteiger partial charge in [0.05, 0.1) is 6.54 Å². The number of likely N-dealkylation sites (N-methyl/N-ethyl adjacent to an activating group) is 1. The molecule has 2 rings (SSSR count). The molecular formula is C18H27N3OS. The average Bonchev–Trinajstić information content (AvgIpc) is 2.48. The second kappa shape index (κ2) is 7.30. The fourth-order valence-electron chi connectivity index (χ4n) is 3.11. The van der Waals surface area contributed by atoms with E-state index in [2.05, 4.69) is 26.1 Å². The fraction of sp³-hybridized carbons (Fsp3) is 0.556. The molecule has 4 nitrogen and oxygen atoms in total. The van der Waals surface area contributed by atoms with Crippen molar-refractivity contribution >= 4 is 23.2 Å². The van der Waals surface area contributed by atoms with Gasteiger partial charge in [-0.25, -0.2) is 0 Å². The van der Waals surface area contributed by atoms with Gasteiger partial charge >= 0.3 is 0 Å². The summed E-state index contributed by atoms with van der Waals surface area (Å²) in [7, 11) is 0. The van der Waals surface area contributed by atoms with Crippen LogP contribution in [0.2, 0.25) is 0 Å². The van der Waals surface area contributed by atoms with Gasteiger partial charge in [-0.15, -0.1) is 0 Å². The van der Waals surface area contributed by atoms with Crippen molar-refractivity contribution in [3.63, 3.8) is 0 Å². The molecule has 1 saturated heterocycles. The number of nitrogens with zero attached hydrogens (tertiary/aromatic N) is 2. The minimum atomic E-state index is -0.00940. The summed E-state index contributed by atoms with van der Waals surface area (Å²) in [5.74, 6) is 0.118. The summed E-state index contributed by atoms with van der Waals surface area (Å²) in [6, 6.07) is 10.4. The molecule has 0 aromatic heterocycles. The van der Waals surface area contributed by atoms with Crippen LogP contribution in [0.4, 0.5) is 0 Å². The van der Waals surface area contributed by atoms with Gasteiger partial charge in [0.1, 0.15) is 0 Å². The zero-order chi connectivity index (χ0) is 17.0. The molecular weight excluding hydrogens is 306 g/mol. The molecule has 0 saturated carbocycles. The predicted octanol–water partition coefficient (Wildman–Crippen LogP) is 2.78. The third kappa shape index (κ3) is 4.67. The SMILES string of the molecule is CCN(Cc1ccccc1)C(=O)CN1C(=S)NC(C)(C)C[C@@H]1C. The molecule has 1 atom stereocenters. The quantitative estimate of drug-likeness (QED) is 0.841. The van der Waals surface area contributed by atoms with Crippen LogP contribution in [-0.2, 0) is 11.3 Å². The van der Waals surface area contributed by atoms with Gasteiger partial charge in [-0.05, 0) is 51.9 Å². The van der Waals surface area contributed by atoms with Crippen LogP contribution in [0.15, 0.2) is 30.3 Å². The van der Waals surface area contributed by atoms with Gasteiger partial charge in [-0.2, -0.15) is 0 Å². The molecule has 1 aromatic carbocycles. The summed E-state index contributed by atoms with van der Waals surface area (Å²) in [4.78, 5) is 16.6. The van der Waals surface area contributed by atoms with Crippen LogP contribution >= 0.6 is 12.2 Å². The first-order valence-electron chi connectivity index (χ1n) is 8.23. The van der Waals surface area contributed by atoms with E-state index in [0.717, 1.165) is 12.0 Å². The Labute approximate surface area is 144 Å². The first-order chi connectivity index (χ1) is 10.8. The normalized spacial score (nSPS) is 20.1. The van der Waals surface area contributed by atoms with Crippen molar-refractivity contribution in [1.82, 2.24) is 15.1 Å². The largest absolute Gasteiger partial charge is 0.358 e. The highest BCUT2D eigenvalue weighted by Gasteiger charge is 2.34. The zero-order valence-corrected chi connectivity index (χ0v) is 15.3. The number of amides is 1. The van der Waals surface area contributed by atoms with Crippen molar-refractivity contribution in [2.75, 3.05) is 13.1 Å². The van der Waals surface area contributed by atoms with E-state index < -0.39 is 0 Å². The van der Waals surface area contributed by atoms with Crippen LogP contribution < -0.4 is 5.32 Å². The maximum absolute atomic E-state index is 12.7. The Kier molecular flexibility index (Phi) is 5.63. The molecule has 1 N–H and O–H groups in total. The summed E-state index contributed by atoms with van der Waals surface area (Å²) in [6.45, 7) is 10.1. The van der Waals surface area contributed by atoms with Crippen LogP contribution in [0, 0.1) is 0 Å². The highest BCUT2D eigenvalue weighted by atomic mass is 32.1. The van der Waals surface area contributed by atoms with Crippen molar-refractivity contribution in [2.24, 2.45) is 0 Å². The van der Waals surface area contributed by atoms with Crippen molar-refractivity contribution in [3.05, 3.63) is 35.9 Å². The van der Waals surface area contributed by atoms with E-state index in [0.29, 0.717) is 24.7 Å². The molecule has 23 heavy (non-hydrogen) atoms. The number of hydrogen-bond donors (Lipinski definition) is 1. The van der Waals surface area contributed by atoms with Crippen molar-refractivity contribution in [3.8, 4) is 0 Å². The lowest BCUT2D eigenvalue weighted by Crippen LogP contribution is -2.61. The van der Waals surface area contributed by atoms with E-state index in [9.17, 15) is 4.79 Å². The Morgan fingerprint density at radius 1 is 1.39 bits per heavy atom. The van der Waals surface area contributed by atoms with Gasteiger partial charge in [0.25, 0.3) is 0 Å². The summed E-state index contributed by atoms with van der Waals surface area (Å²) < 4.78 is 0. The zero-order valence-electron chi connectivity index (χ0n) is 14.5. The predicted molar refractivity (Wildman–Crippen MR) is 98.1 cm³/mol.